The predicted molar refractivity (Wildman–Crippen MR) is 79.8 cm³/mol. The van der Waals surface area contributed by atoms with Gasteiger partial charge in [0.05, 0.1) is 0 Å². The van der Waals surface area contributed by atoms with E-state index in [1.54, 1.807) is 0 Å². The second-order valence-electron chi connectivity index (χ2n) is 5.54. The Morgan fingerprint density at radius 3 is 2.89 bits per heavy atom. The molecule has 2 heterocycles. The zero-order valence-corrected chi connectivity index (χ0v) is 12.4. The van der Waals surface area contributed by atoms with Crippen LogP contribution in [0.4, 0.5) is 11.6 Å². The van der Waals surface area contributed by atoms with Gasteiger partial charge in [0.1, 0.15) is 17.5 Å². The van der Waals surface area contributed by atoms with Crippen molar-refractivity contribution in [2.75, 3.05) is 30.4 Å². The Balaban J connectivity index is 2.03. The Hall–Kier alpha value is -1.36. The molecule has 0 radical (unpaired) electrons. The van der Waals surface area contributed by atoms with Crippen LogP contribution >= 0.6 is 0 Å². The van der Waals surface area contributed by atoms with Crippen LogP contribution in [0.25, 0.3) is 0 Å². The molecule has 1 aromatic rings. The van der Waals surface area contributed by atoms with Gasteiger partial charge in [-0.25, -0.2) is 9.97 Å². The summed E-state index contributed by atoms with van der Waals surface area (Å²) in [5.74, 6) is 2.71. The molecule has 1 unspecified atom stereocenters. The lowest BCUT2D eigenvalue weighted by molar-refractivity contribution is 0.632. The Kier molecular flexibility index (Phi) is 4.58. The zero-order chi connectivity index (χ0) is 13.8. The first-order valence-corrected chi connectivity index (χ1v) is 7.12. The highest BCUT2D eigenvalue weighted by atomic mass is 15.2. The smallest absolute Gasteiger partial charge is 0.134 e. The maximum absolute atomic E-state index is 4.49. The fraction of sp³-hybridized carbons (Fsp3) is 0.714. The van der Waals surface area contributed by atoms with Gasteiger partial charge in [0.25, 0.3) is 0 Å². The molecule has 0 saturated carbocycles. The van der Waals surface area contributed by atoms with Crippen LogP contribution in [0.2, 0.25) is 0 Å². The maximum atomic E-state index is 4.49. The fourth-order valence-electron chi connectivity index (χ4n) is 2.25. The third-order valence-corrected chi connectivity index (χ3v) is 3.65. The average Bonchev–Trinajstić information content (AvgIpc) is 2.87. The standard InChI is InChI=1S/C14H25N5/c1-10(2)19(4)14-8-13(17-11(3)18-14)16-9-12-6-5-7-15-12/h8,10,12,15H,5-7,9H2,1-4H3,(H,16,17,18). The van der Waals surface area contributed by atoms with Gasteiger partial charge in [0.2, 0.25) is 0 Å². The van der Waals surface area contributed by atoms with Gasteiger partial charge >= 0.3 is 0 Å². The van der Waals surface area contributed by atoms with Crippen LogP contribution in [0.5, 0.6) is 0 Å². The predicted octanol–water partition coefficient (Wildman–Crippen LogP) is 1.79. The van der Waals surface area contributed by atoms with E-state index in [-0.39, 0.29) is 0 Å². The molecule has 0 aliphatic carbocycles. The number of nitrogens with one attached hydrogen (secondary N) is 2. The van der Waals surface area contributed by atoms with E-state index in [0.29, 0.717) is 12.1 Å². The quantitative estimate of drug-likeness (QED) is 0.848. The number of hydrogen-bond acceptors (Lipinski definition) is 5. The Morgan fingerprint density at radius 2 is 2.26 bits per heavy atom. The van der Waals surface area contributed by atoms with Gasteiger partial charge < -0.3 is 15.5 Å². The third-order valence-electron chi connectivity index (χ3n) is 3.65. The van der Waals surface area contributed by atoms with Crippen molar-refractivity contribution in [3.05, 3.63) is 11.9 Å². The zero-order valence-electron chi connectivity index (χ0n) is 12.4. The molecule has 1 aliphatic rings. The van der Waals surface area contributed by atoms with Crippen LogP contribution in [-0.4, -0.2) is 42.2 Å². The molecular formula is C14H25N5. The van der Waals surface area contributed by atoms with E-state index in [1.807, 2.05) is 13.0 Å². The molecule has 1 aliphatic heterocycles. The average molecular weight is 263 g/mol. The molecular weight excluding hydrogens is 238 g/mol. The first-order chi connectivity index (χ1) is 9.06. The number of nitrogens with zero attached hydrogens (tertiary/aromatic N) is 3. The molecule has 0 amide bonds. The summed E-state index contributed by atoms with van der Waals surface area (Å²) in [5, 5.41) is 6.90. The molecule has 1 fully saturated rings. The van der Waals surface area contributed by atoms with Crippen molar-refractivity contribution in [2.45, 2.75) is 45.7 Å². The summed E-state index contributed by atoms with van der Waals surface area (Å²) in [6.45, 7) is 8.33. The molecule has 106 valence electrons. The normalized spacial score (nSPS) is 18.9. The molecule has 0 bridgehead atoms. The highest BCUT2D eigenvalue weighted by Gasteiger charge is 2.14. The Bertz CT molecular complexity index is 412. The van der Waals surface area contributed by atoms with Crippen molar-refractivity contribution in [1.82, 2.24) is 15.3 Å². The Morgan fingerprint density at radius 1 is 1.47 bits per heavy atom. The number of rotatable bonds is 5. The first-order valence-electron chi connectivity index (χ1n) is 7.12. The molecule has 1 atom stereocenters. The summed E-state index contributed by atoms with van der Waals surface area (Å²) in [4.78, 5) is 11.1. The van der Waals surface area contributed by atoms with Gasteiger partial charge in [-0.2, -0.15) is 0 Å². The number of aromatic nitrogens is 2. The van der Waals surface area contributed by atoms with Gasteiger partial charge in [0, 0.05) is 31.7 Å². The van der Waals surface area contributed by atoms with E-state index < -0.39 is 0 Å². The molecule has 19 heavy (non-hydrogen) atoms. The second-order valence-corrected chi connectivity index (χ2v) is 5.54. The molecule has 5 nitrogen and oxygen atoms in total. The van der Waals surface area contributed by atoms with Crippen molar-refractivity contribution >= 4 is 11.6 Å². The largest absolute Gasteiger partial charge is 0.368 e. The highest BCUT2D eigenvalue weighted by Crippen LogP contribution is 2.17. The van der Waals surface area contributed by atoms with Gasteiger partial charge in [-0.05, 0) is 40.2 Å². The van der Waals surface area contributed by atoms with E-state index in [0.717, 1.165) is 30.5 Å². The van der Waals surface area contributed by atoms with Crippen LogP contribution in [0.15, 0.2) is 6.07 Å². The van der Waals surface area contributed by atoms with E-state index >= 15 is 0 Å². The summed E-state index contributed by atoms with van der Waals surface area (Å²) < 4.78 is 0. The minimum Gasteiger partial charge on any atom is -0.368 e. The van der Waals surface area contributed by atoms with Crippen LogP contribution in [0, 0.1) is 6.92 Å². The molecule has 1 saturated heterocycles. The lowest BCUT2D eigenvalue weighted by atomic mass is 10.2. The summed E-state index contributed by atoms with van der Waals surface area (Å²) in [7, 11) is 2.06. The van der Waals surface area contributed by atoms with Crippen LogP contribution < -0.4 is 15.5 Å². The van der Waals surface area contributed by atoms with Gasteiger partial charge in [-0.15, -0.1) is 0 Å². The van der Waals surface area contributed by atoms with Crippen molar-refractivity contribution in [3.63, 3.8) is 0 Å². The van der Waals surface area contributed by atoms with Crippen LogP contribution in [0.3, 0.4) is 0 Å². The van der Waals surface area contributed by atoms with Gasteiger partial charge in [-0.1, -0.05) is 0 Å². The minimum absolute atomic E-state index is 0.429. The molecule has 2 N–H and O–H groups in total. The lowest BCUT2D eigenvalue weighted by Crippen LogP contribution is -2.30. The van der Waals surface area contributed by atoms with Gasteiger partial charge in [0.15, 0.2) is 0 Å². The summed E-state index contributed by atoms with van der Waals surface area (Å²) in [5.41, 5.74) is 0. The summed E-state index contributed by atoms with van der Waals surface area (Å²) in [6.07, 6.45) is 2.52. The molecule has 2 rings (SSSR count). The van der Waals surface area contributed by atoms with E-state index in [4.69, 9.17) is 0 Å². The van der Waals surface area contributed by atoms with Crippen molar-refractivity contribution in [2.24, 2.45) is 0 Å². The molecule has 0 aromatic carbocycles. The van der Waals surface area contributed by atoms with Crippen LogP contribution in [0.1, 0.15) is 32.5 Å². The minimum atomic E-state index is 0.429. The third kappa shape index (κ3) is 3.80. The van der Waals surface area contributed by atoms with E-state index in [1.165, 1.54) is 12.8 Å². The van der Waals surface area contributed by atoms with Crippen molar-refractivity contribution in [1.29, 1.82) is 0 Å². The second kappa shape index (κ2) is 6.19. The highest BCUT2D eigenvalue weighted by molar-refractivity contribution is 5.49. The van der Waals surface area contributed by atoms with Gasteiger partial charge in [-0.3, -0.25) is 0 Å². The lowest BCUT2D eigenvalue weighted by Gasteiger charge is -2.23. The summed E-state index contributed by atoms with van der Waals surface area (Å²) >= 11 is 0. The fourth-order valence-corrected chi connectivity index (χ4v) is 2.25. The van der Waals surface area contributed by atoms with E-state index in [9.17, 15) is 0 Å². The first kappa shape index (κ1) is 14.1. The van der Waals surface area contributed by atoms with Crippen molar-refractivity contribution < 1.29 is 0 Å². The monoisotopic (exact) mass is 263 g/mol. The van der Waals surface area contributed by atoms with Crippen LogP contribution in [-0.2, 0) is 0 Å². The van der Waals surface area contributed by atoms with Crippen molar-refractivity contribution in [3.8, 4) is 0 Å². The number of hydrogen-bond donors (Lipinski definition) is 2. The topological polar surface area (TPSA) is 53.1 Å². The maximum Gasteiger partial charge on any atom is 0.134 e. The molecule has 0 spiro atoms. The number of aryl methyl sites for hydroxylation is 1. The number of anilines is 2. The van der Waals surface area contributed by atoms with E-state index in [2.05, 4.69) is 46.4 Å². The Labute approximate surface area is 115 Å². The molecule has 5 heteroatoms. The summed E-state index contributed by atoms with van der Waals surface area (Å²) in [6, 6.07) is 3.03. The molecule has 1 aromatic heterocycles. The SMILES string of the molecule is Cc1nc(NCC2CCCN2)cc(N(C)C(C)C)n1.